The van der Waals surface area contributed by atoms with Gasteiger partial charge in [-0.05, 0) is 43.7 Å². The van der Waals surface area contributed by atoms with Gasteiger partial charge in [0.05, 0.1) is 11.3 Å². The molecule has 2 atom stereocenters. The first-order chi connectivity index (χ1) is 12.4. The SMILES string of the molecule is CCCO[C@]1(C(=O)Nc2ccc(OC(C)=O)cc2C#N)CCC[C@@H](C)C1. The van der Waals surface area contributed by atoms with E-state index in [1.54, 1.807) is 12.1 Å². The fourth-order valence-corrected chi connectivity index (χ4v) is 3.39. The third kappa shape index (κ3) is 4.83. The minimum atomic E-state index is -0.852. The minimum Gasteiger partial charge on any atom is -0.427 e. The number of carbonyl (C=O) groups excluding carboxylic acids is 2. The summed E-state index contributed by atoms with van der Waals surface area (Å²) in [5.41, 5.74) is -0.215. The second-order valence-corrected chi connectivity index (χ2v) is 6.91. The number of nitriles is 1. The smallest absolute Gasteiger partial charge is 0.308 e. The number of hydrogen-bond donors (Lipinski definition) is 1. The van der Waals surface area contributed by atoms with Gasteiger partial charge in [0.25, 0.3) is 5.91 Å². The molecule has 1 aliphatic rings. The summed E-state index contributed by atoms with van der Waals surface area (Å²) in [6.45, 7) is 5.96. The van der Waals surface area contributed by atoms with Crippen LogP contribution in [0.5, 0.6) is 5.75 Å². The highest BCUT2D eigenvalue weighted by molar-refractivity contribution is 5.98. The molecule has 6 nitrogen and oxygen atoms in total. The first kappa shape index (κ1) is 19.9. The van der Waals surface area contributed by atoms with E-state index in [2.05, 4.69) is 12.2 Å². The van der Waals surface area contributed by atoms with Crippen LogP contribution in [-0.2, 0) is 14.3 Å². The van der Waals surface area contributed by atoms with E-state index in [0.717, 1.165) is 19.3 Å². The van der Waals surface area contributed by atoms with Gasteiger partial charge < -0.3 is 14.8 Å². The van der Waals surface area contributed by atoms with Gasteiger partial charge in [0.15, 0.2) is 0 Å². The zero-order chi connectivity index (χ0) is 19.2. The molecule has 1 aliphatic carbocycles. The van der Waals surface area contributed by atoms with Gasteiger partial charge in [-0.25, -0.2) is 0 Å². The molecule has 26 heavy (non-hydrogen) atoms. The van der Waals surface area contributed by atoms with E-state index in [4.69, 9.17) is 9.47 Å². The molecule has 0 bridgehead atoms. The highest BCUT2D eigenvalue weighted by Crippen LogP contribution is 2.36. The molecular formula is C20H26N2O4. The summed E-state index contributed by atoms with van der Waals surface area (Å²) in [4.78, 5) is 24.1. The predicted octanol–water partition coefficient (Wildman–Crippen LogP) is 3.80. The predicted molar refractivity (Wildman–Crippen MR) is 97.7 cm³/mol. The van der Waals surface area contributed by atoms with Gasteiger partial charge in [-0.2, -0.15) is 5.26 Å². The van der Waals surface area contributed by atoms with Crippen LogP contribution in [0.3, 0.4) is 0 Å². The number of nitrogens with one attached hydrogen (secondary N) is 1. The number of anilines is 1. The van der Waals surface area contributed by atoms with E-state index in [-0.39, 0.29) is 17.2 Å². The average molecular weight is 358 g/mol. The molecule has 0 radical (unpaired) electrons. The standard InChI is InChI=1S/C20H26N2O4/c1-4-10-25-20(9-5-6-14(2)12-20)19(24)22-18-8-7-17(26-15(3)23)11-16(18)13-21/h7-8,11,14H,4-6,9-10,12H2,1-3H3,(H,22,24)/t14-,20-/m1/s1. The van der Waals surface area contributed by atoms with Crippen LogP contribution < -0.4 is 10.1 Å². The molecule has 140 valence electrons. The molecule has 0 saturated heterocycles. The molecular weight excluding hydrogens is 332 g/mol. The van der Waals surface area contributed by atoms with Crippen LogP contribution in [0.25, 0.3) is 0 Å². The summed E-state index contributed by atoms with van der Waals surface area (Å²) in [5, 5.41) is 12.2. The zero-order valence-electron chi connectivity index (χ0n) is 15.6. The van der Waals surface area contributed by atoms with Gasteiger partial charge in [0.1, 0.15) is 17.4 Å². The van der Waals surface area contributed by atoms with E-state index in [9.17, 15) is 14.9 Å². The van der Waals surface area contributed by atoms with Gasteiger partial charge in [-0.15, -0.1) is 0 Å². The topological polar surface area (TPSA) is 88.4 Å². The molecule has 1 fully saturated rings. The summed E-state index contributed by atoms with van der Waals surface area (Å²) >= 11 is 0. The number of rotatable bonds is 6. The molecule has 1 N–H and O–H groups in total. The van der Waals surface area contributed by atoms with Crippen molar-refractivity contribution < 1.29 is 19.1 Å². The third-order valence-electron chi connectivity index (χ3n) is 4.57. The van der Waals surface area contributed by atoms with E-state index >= 15 is 0 Å². The van der Waals surface area contributed by atoms with Crippen molar-refractivity contribution in [1.29, 1.82) is 5.26 Å². The second-order valence-electron chi connectivity index (χ2n) is 6.91. The van der Waals surface area contributed by atoms with Gasteiger partial charge in [-0.3, -0.25) is 9.59 Å². The summed E-state index contributed by atoms with van der Waals surface area (Å²) in [6.07, 6.45) is 4.21. The number of hydrogen-bond acceptors (Lipinski definition) is 5. The quantitative estimate of drug-likeness (QED) is 0.617. The van der Waals surface area contributed by atoms with Gasteiger partial charge in [-0.1, -0.05) is 20.3 Å². The maximum absolute atomic E-state index is 13.0. The van der Waals surface area contributed by atoms with Crippen LogP contribution in [0.15, 0.2) is 18.2 Å². The number of amides is 1. The van der Waals surface area contributed by atoms with Crippen molar-refractivity contribution in [3.05, 3.63) is 23.8 Å². The highest BCUT2D eigenvalue weighted by atomic mass is 16.5. The number of carbonyl (C=O) groups is 2. The Morgan fingerprint density at radius 3 is 2.81 bits per heavy atom. The van der Waals surface area contributed by atoms with Crippen LogP contribution in [0, 0.1) is 17.2 Å². The fraction of sp³-hybridized carbons (Fsp3) is 0.550. The van der Waals surface area contributed by atoms with Gasteiger partial charge in [0, 0.05) is 19.6 Å². The van der Waals surface area contributed by atoms with Crippen molar-refractivity contribution >= 4 is 17.6 Å². The lowest BCUT2D eigenvalue weighted by molar-refractivity contribution is -0.148. The highest BCUT2D eigenvalue weighted by Gasteiger charge is 2.43. The maximum atomic E-state index is 13.0. The van der Waals surface area contributed by atoms with Crippen molar-refractivity contribution in [1.82, 2.24) is 0 Å². The Kier molecular flexibility index (Phi) is 6.76. The largest absolute Gasteiger partial charge is 0.427 e. The molecule has 1 saturated carbocycles. The number of esters is 1. The molecule has 0 aromatic heterocycles. The van der Waals surface area contributed by atoms with Crippen LogP contribution in [-0.4, -0.2) is 24.1 Å². The molecule has 0 unspecified atom stereocenters. The van der Waals surface area contributed by atoms with E-state index in [1.165, 1.54) is 13.0 Å². The Bertz CT molecular complexity index is 710. The lowest BCUT2D eigenvalue weighted by Gasteiger charge is -2.38. The molecule has 1 aromatic rings. The number of ether oxygens (including phenoxy) is 2. The third-order valence-corrected chi connectivity index (χ3v) is 4.57. The van der Waals surface area contributed by atoms with Crippen molar-refractivity contribution in [3.8, 4) is 11.8 Å². The van der Waals surface area contributed by atoms with Crippen LogP contribution >= 0.6 is 0 Å². The number of nitrogens with zero attached hydrogens (tertiary/aromatic N) is 1. The zero-order valence-corrected chi connectivity index (χ0v) is 15.6. The van der Waals surface area contributed by atoms with E-state index in [1.807, 2.05) is 13.0 Å². The first-order valence-corrected chi connectivity index (χ1v) is 9.08. The van der Waals surface area contributed by atoms with Crippen molar-refractivity contribution in [2.75, 3.05) is 11.9 Å². The monoisotopic (exact) mass is 358 g/mol. The minimum absolute atomic E-state index is 0.214. The molecule has 0 heterocycles. The lowest BCUT2D eigenvalue weighted by Crippen LogP contribution is -2.48. The lowest BCUT2D eigenvalue weighted by atomic mass is 9.78. The van der Waals surface area contributed by atoms with E-state index in [0.29, 0.717) is 31.1 Å². The van der Waals surface area contributed by atoms with Crippen LogP contribution in [0.1, 0.15) is 58.4 Å². The van der Waals surface area contributed by atoms with Gasteiger partial charge in [0.2, 0.25) is 0 Å². The Morgan fingerprint density at radius 2 is 2.19 bits per heavy atom. The summed E-state index contributed by atoms with van der Waals surface area (Å²) in [5.74, 6) is 0.00597. The molecule has 2 rings (SSSR count). The maximum Gasteiger partial charge on any atom is 0.308 e. The van der Waals surface area contributed by atoms with Crippen molar-refractivity contribution in [2.24, 2.45) is 5.92 Å². The normalized spacial score (nSPS) is 22.3. The Morgan fingerprint density at radius 1 is 1.42 bits per heavy atom. The average Bonchev–Trinajstić information content (AvgIpc) is 2.60. The molecule has 1 amide bonds. The first-order valence-electron chi connectivity index (χ1n) is 9.08. The Balaban J connectivity index is 2.23. The molecule has 0 spiro atoms. The van der Waals surface area contributed by atoms with Crippen molar-refractivity contribution in [2.45, 2.75) is 58.5 Å². The second kappa shape index (κ2) is 8.81. The molecule has 1 aromatic carbocycles. The molecule has 0 aliphatic heterocycles. The summed E-state index contributed by atoms with van der Waals surface area (Å²) in [7, 11) is 0. The van der Waals surface area contributed by atoms with Crippen molar-refractivity contribution in [3.63, 3.8) is 0 Å². The Hall–Kier alpha value is -2.39. The summed E-state index contributed by atoms with van der Waals surface area (Å²) in [6, 6.07) is 6.61. The van der Waals surface area contributed by atoms with E-state index < -0.39 is 11.6 Å². The fourth-order valence-electron chi connectivity index (χ4n) is 3.39. The summed E-state index contributed by atoms with van der Waals surface area (Å²) < 4.78 is 11.0. The number of benzene rings is 1. The Labute approximate surface area is 154 Å². The van der Waals surface area contributed by atoms with Crippen LogP contribution in [0.4, 0.5) is 5.69 Å². The molecule has 6 heteroatoms. The van der Waals surface area contributed by atoms with Gasteiger partial charge >= 0.3 is 5.97 Å². The van der Waals surface area contributed by atoms with Crippen LogP contribution in [0.2, 0.25) is 0 Å².